The number of ether oxygens (including phenoxy) is 1. The third-order valence-corrected chi connectivity index (χ3v) is 3.08. The molecule has 1 aromatic heterocycles. The van der Waals surface area contributed by atoms with Gasteiger partial charge < -0.3 is 14.5 Å². The van der Waals surface area contributed by atoms with Crippen LogP contribution < -0.4 is 5.32 Å². The van der Waals surface area contributed by atoms with E-state index in [4.69, 9.17) is 9.15 Å². The van der Waals surface area contributed by atoms with Crippen LogP contribution in [0.1, 0.15) is 44.9 Å². The molecule has 2 rings (SSSR count). The lowest BCUT2D eigenvalue weighted by molar-refractivity contribution is -0.00613. The number of hydrogen-bond acceptors (Lipinski definition) is 5. The first kappa shape index (κ1) is 12.5. The van der Waals surface area contributed by atoms with E-state index in [0.717, 1.165) is 45.4 Å². The number of hydrogen-bond donors (Lipinski definition) is 1. The highest BCUT2D eigenvalue weighted by Crippen LogP contribution is 2.34. The Labute approximate surface area is 102 Å². The van der Waals surface area contributed by atoms with Crippen molar-refractivity contribution in [1.29, 1.82) is 0 Å². The van der Waals surface area contributed by atoms with Gasteiger partial charge in [-0.05, 0) is 32.7 Å². The summed E-state index contributed by atoms with van der Waals surface area (Å²) >= 11 is 0. The maximum absolute atomic E-state index is 5.67. The summed E-state index contributed by atoms with van der Waals surface area (Å²) in [6.45, 7) is 6.86. The Balaban J connectivity index is 1.87. The van der Waals surface area contributed by atoms with Gasteiger partial charge in [-0.2, -0.15) is 0 Å². The Bertz CT molecular complexity index is 345. The van der Waals surface area contributed by atoms with Gasteiger partial charge in [-0.25, -0.2) is 0 Å². The molecule has 0 saturated carbocycles. The molecule has 2 heterocycles. The molecule has 0 aliphatic carbocycles. The van der Waals surface area contributed by atoms with Gasteiger partial charge in [0.25, 0.3) is 0 Å². The molecule has 1 fully saturated rings. The standard InChI is InChI=1S/C12H21N3O2/c1-3-7-13-8-5-10-14-15-11(17-10)12(2)6-4-9-16-12/h13H,3-9H2,1-2H3. The van der Waals surface area contributed by atoms with E-state index in [1.165, 1.54) is 0 Å². The van der Waals surface area contributed by atoms with Gasteiger partial charge in [0, 0.05) is 19.6 Å². The van der Waals surface area contributed by atoms with Crippen LogP contribution in [0.25, 0.3) is 0 Å². The molecule has 5 heteroatoms. The van der Waals surface area contributed by atoms with Crippen molar-refractivity contribution in [3.63, 3.8) is 0 Å². The van der Waals surface area contributed by atoms with Crippen LogP contribution in [0.15, 0.2) is 4.42 Å². The first-order valence-electron chi connectivity index (χ1n) is 6.42. The van der Waals surface area contributed by atoms with Crippen LogP contribution in [-0.2, 0) is 16.8 Å². The Hall–Kier alpha value is -0.940. The normalized spacial score (nSPS) is 24.4. The summed E-state index contributed by atoms with van der Waals surface area (Å²) in [5.74, 6) is 1.32. The van der Waals surface area contributed by atoms with Gasteiger partial charge in [-0.1, -0.05) is 6.92 Å². The molecule has 0 aromatic carbocycles. The molecule has 17 heavy (non-hydrogen) atoms. The lowest BCUT2D eigenvalue weighted by atomic mass is 10.0. The zero-order valence-corrected chi connectivity index (χ0v) is 10.7. The van der Waals surface area contributed by atoms with Crippen LogP contribution in [0, 0.1) is 0 Å². The Kier molecular flexibility index (Phi) is 4.12. The van der Waals surface area contributed by atoms with E-state index in [1.807, 2.05) is 6.92 Å². The number of nitrogens with one attached hydrogen (secondary N) is 1. The fourth-order valence-electron chi connectivity index (χ4n) is 2.01. The lowest BCUT2D eigenvalue weighted by Gasteiger charge is -2.17. The molecule has 1 atom stereocenters. The highest BCUT2D eigenvalue weighted by molar-refractivity contribution is 4.98. The summed E-state index contributed by atoms with van der Waals surface area (Å²) in [4.78, 5) is 0. The molecule has 1 N–H and O–H groups in total. The quantitative estimate of drug-likeness (QED) is 0.765. The summed E-state index contributed by atoms with van der Waals surface area (Å²) in [5, 5.41) is 11.5. The summed E-state index contributed by atoms with van der Waals surface area (Å²) in [6, 6.07) is 0. The van der Waals surface area contributed by atoms with E-state index < -0.39 is 0 Å². The van der Waals surface area contributed by atoms with E-state index >= 15 is 0 Å². The Morgan fingerprint density at radius 1 is 1.35 bits per heavy atom. The van der Waals surface area contributed by atoms with Crippen molar-refractivity contribution >= 4 is 0 Å². The van der Waals surface area contributed by atoms with E-state index in [9.17, 15) is 0 Å². The topological polar surface area (TPSA) is 60.2 Å². The van der Waals surface area contributed by atoms with Gasteiger partial charge in [0.05, 0.1) is 0 Å². The highest BCUT2D eigenvalue weighted by Gasteiger charge is 2.37. The fraction of sp³-hybridized carbons (Fsp3) is 0.833. The van der Waals surface area contributed by atoms with Crippen molar-refractivity contribution in [2.75, 3.05) is 19.7 Å². The second-order valence-corrected chi connectivity index (χ2v) is 4.68. The van der Waals surface area contributed by atoms with Crippen molar-refractivity contribution in [2.45, 2.75) is 45.1 Å². The largest absolute Gasteiger partial charge is 0.422 e. The van der Waals surface area contributed by atoms with E-state index in [0.29, 0.717) is 11.8 Å². The molecule has 0 amide bonds. The molecule has 0 radical (unpaired) electrons. The molecule has 1 unspecified atom stereocenters. The molecule has 1 saturated heterocycles. The first-order valence-corrected chi connectivity index (χ1v) is 6.42. The predicted octanol–water partition coefficient (Wildman–Crippen LogP) is 1.64. The van der Waals surface area contributed by atoms with Gasteiger partial charge >= 0.3 is 0 Å². The minimum absolute atomic E-state index is 0.359. The number of rotatable bonds is 6. The zero-order chi connectivity index (χ0) is 12.1. The third kappa shape index (κ3) is 3.04. The zero-order valence-electron chi connectivity index (χ0n) is 10.7. The molecular formula is C12H21N3O2. The van der Waals surface area contributed by atoms with E-state index in [2.05, 4.69) is 22.4 Å². The first-order chi connectivity index (χ1) is 8.24. The van der Waals surface area contributed by atoms with Gasteiger partial charge in [0.1, 0.15) is 5.60 Å². The summed E-state index contributed by atoms with van der Waals surface area (Å²) < 4.78 is 11.3. The van der Waals surface area contributed by atoms with Crippen LogP contribution in [0.4, 0.5) is 0 Å². The SMILES string of the molecule is CCCNCCc1nnc(C2(C)CCCO2)o1. The summed E-state index contributed by atoms with van der Waals surface area (Å²) in [5.41, 5.74) is -0.359. The average molecular weight is 239 g/mol. The van der Waals surface area contributed by atoms with Crippen LogP contribution in [0.5, 0.6) is 0 Å². The molecule has 0 spiro atoms. The molecule has 1 aliphatic heterocycles. The minimum Gasteiger partial charge on any atom is -0.422 e. The molecule has 1 aliphatic rings. The molecule has 96 valence electrons. The maximum Gasteiger partial charge on any atom is 0.247 e. The third-order valence-electron chi connectivity index (χ3n) is 3.08. The van der Waals surface area contributed by atoms with Gasteiger partial charge in [-0.15, -0.1) is 10.2 Å². The maximum atomic E-state index is 5.67. The monoisotopic (exact) mass is 239 g/mol. The lowest BCUT2D eigenvalue weighted by Crippen LogP contribution is -2.20. The molecule has 5 nitrogen and oxygen atoms in total. The van der Waals surface area contributed by atoms with Crippen molar-refractivity contribution in [3.05, 3.63) is 11.8 Å². The van der Waals surface area contributed by atoms with Crippen molar-refractivity contribution in [1.82, 2.24) is 15.5 Å². The van der Waals surface area contributed by atoms with Crippen molar-refractivity contribution in [2.24, 2.45) is 0 Å². The highest BCUT2D eigenvalue weighted by atomic mass is 16.5. The van der Waals surface area contributed by atoms with Crippen LogP contribution in [0.2, 0.25) is 0 Å². The molecule has 0 bridgehead atoms. The molecule has 1 aromatic rings. The van der Waals surface area contributed by atoms with Gasteiger partial charge in [0.15, 0.2) is 0 Å². The number of nitrogens with zero attached hydrogens (tertiary/aromatic N) is 2. The summed E-state index contributed by atoms with van der Waals surface area (Å²) in [7, 11) is 0. The summed E-state index contributed by atoms with van der Waals surface area (Å²) in [6.07, 6.45) is 3.94. The fourth-order valence-corrected chi connectivity index (χ4v) is 2.01. The van der Waals surface area contributed by atoms with Gasteiger partial charge in [-0.3, -0.25) is 0 Å². The van der Waals surface area contributed by atoms with Crippen LogP contribution in [0.3, 0.4) is 0 Å². The second kappa shape index (κ2) is 5.60. The Morgan fingerprint density at radius 3 is 2.94 bits per heavy atom. The van der Waals surface area contributed by atoms with Crippen molar-refractivity contribution in [3.8, 4) is 0 Å². The molecular weight excluding hydrogens is 218 g/mol. The van der Waals surface area contributed by atoms with Crippen LogP contribution >= 0.6 is 0 Å². The van der Waals surface area contributed by atoms with Crippen molar-refractivity contribution < 1.29 is 9.15 Å². The van der Waals surface area contributed by atoms with E-state index in [1.54, 1.807) is 0 Å². The van der Waals surface area contributed by atoms with Gasteiger partial charge in [0.2, 0.25) is 11.8 Å². The average Bonchev–Trinajstić information content (AvgIpc) is 2.94. The van der Waals surface area contributed by atoms with Crippen LogP contribution in [-0.4, -0.2) is 29.9 Å². The number of aromatic nitrogens is 2. The second-order valence-electron chi connectivity index (χ2n) is 4.68. The Morgan fingerprint density at radius 2 is 2.24 bits per heavy atom. The smallest absolute Gasteiger partial charge is 0.247 e. The van der Waals surface area contributed by atoms with E-state index in [-0.39, 0.29) is 5.60 Å². The predicted molar refractivity (Wildman–Crippen MR) is 63.7 cm³/mol. The minimum atomic E-state index is -0.359.